The fourth-order valence-corrected chi connectivity index (χ4v) is 4.38. The number of nitrogens with zero attached hydrogens (tertiary/aromatic N) is 3. The maximum absolute atomic E-state index is 12.5. The number of aryl methyl sites for hydroxylation is 2. The van der Waals surface area contributed by atoms with E-state index in [0.717, 1.165) is 38.0 Å². The summed E-state index contributed by atoms with van der Waals surface area (Å²) in [4.78, 5) is 14.6. The molecule has 1 spiro atoms. The molecule has 5 nitrogen and oxygen atoms in total. The van der Waals surface area contributed by atoms with Gasteiger partial charge < -0.3 is 9.64 Å². The highest BCUT2D eigenvalue weighted by Crippen LogP contribution is 2.50. The maximum atomic E-state index is 12.5. The number of aromatic nitrogens is 2. The van der Waals surface area contributed by atoms with Gasteiger partial charge in [0.25, 0.3) is 0 Å². The summed E-state index contributed by atoms with van der Waals surface area (Å²) in [5, 5.41) is 4.43. The van der Waals surface area contributed by atoms with E-state index in [0.29, 0.717) is 17.9 Å². The minimum atomic E-state index is 0.288. The zero-order chi connectivity index (χ0) is 16.6. The number of rotatable bonds is 4. The summed E-state index contributed by atoms with van der Waals surface area (Å²) in [7, 11) is 3.78. The van der Waals surface area contributed by atoms with Gasteiger partial charge in [-0.3, -0.25) is 9.48 Å². The standard InChI is InChI=1S/C18H29N3O2/c1-13-15(14(2)20(3)19-13)5-6-17(22)21-11-9-18(10-12-21)8-7-16(18)23-4/h16H,5-12H2,1-4H3. The number of methoxy groups -OCH3 is 1. The SMILES string of the molecule is COC1CCC12CCN(C(=O)CCc1c(C)nn(C)c1C)CC2. The molecule has 1 atom stereocenters. The van der Waals surface area contributed by atoms with E-state index in [2.05, 4.69) is 16.9 Å². The second kappa shape index (κ2) is 6.27. The molecule has 1 amide bonds. The first kappa shape index (κ1) is 16.5. The van der Waals surface area contributed by atoms with Gasteiger partial charge >= 0.3 is 0 Å². The van der Waals surface area contributed by atoms with Crippen molar-refractivity contribution < 1.29 is 9.53 Å². The fraction of sp³-hybridized carbons (Fsp3) is 0.778. The number of carbonyl (C=O) groups excluding carboxylic acids is 1. The summed E-state index contributed by atoms with van der Waals surface area (Å²) < 4.78 is 7.50. The van der Waals surface area contributed by atoms with E-state index in [1.54, 1.807) is 0 Å². The number of hydrogen-bond donors (Lipinski definition) is 0. The van der Waals surface area contributed by atoms with Gasteiger partial charge in [0, 0.05) is 44.8 Å². The molecule has 3 rings (SSSR count). The largest absolute Gasteiger partial charge is 0.381 e. The lowest BCUT2D eigenvalue weighted by Crippen LogP contribution is -2.53. The maximum Gasteiger partial charge on any atom is 0.222 e. The molecule has 1 unspecified atom stereocenters. The molecule has 2 heterocycles. The van der Waals surface area contributed by atoms with Crippen LogP contribution in [0.1, 0.15) is 49.1 Å². The molecule has 5 heteroatoms. The van der Waals surface area contributed by atoms with E-state index >= 15 is 0 Å². The first-order valence-electron chi connectivity index (χ1n) is 8.76. The van der Waals surface area contributed by atoms with Crippen molar-refractivity contribution in [2.24, 2.45) is 12.5 Å². The van der Waals surface area contributed by atoms with Gasteiger partial charge in [-0.05, 0) is 51.5 Å². The number of hydrogen-bond acceptors (Lipinski definition) is 3. The summed E-state index contributed by atoms with van der Waals surface area (Å²) in [5.41, 5.74) is 3.81. The van der Waals surface area contributed by atoms with Gasteiger partial charge in [-0.1, -0.05) is 0 Å². The van der Waals surface area contributed by atoms with Crippen LogP contribution < -0.4 is 0 Å². The molecule has 1 aliphatic heterocycles. The summed E-state index contributed by atoms with van der Waals surface area (Å²) in [5.74, 6) is 0.288. The van der Waals surface area contributed by atoms with Gasteiger partial charge in [0.2, 0.25) is 5.91 Å². The molecule has 128 valence electrons. The Morgan fingerprint density at radius 1 is 1.30 bits per heavy atom. The van der Waals surface area contributed by atoms with Crippen molar-refractivity contribution in [3.8, 4) is 0 Å². The Labute approximate surface area is 139 Å². The number of ether oxygens (including phenoxy) is 1. The highest BCUT2D eigenvalue weighted by Gasteiger charge is 2.48. The molecule has 0 radical (unpaired) electrons. The summed E-state index contributed by atoms with van der Waals surface area (Å²) in [6, 6.07) is 0. The van der Waals surface area contributed by atoms with Crippen LogP contribution in [-0.2, 0) is 23.0 Å². The van der Waals surface area contributed by atoms with Crippen LogP contribution in [0.5, 0.6) is 0 Å². The molecule has 0 aromatic carbocycles. The smallest absolute Gasteiger partial charge is 0.222 e. The van der Waals surface area contributed by atoms with Crippen LogP contribution >= 0.6 is 0 Å². The summed E-state index contributed by atoms with van der Waals surface area (Å²) in [6.07, 6.45) is 6.46. The lowest BCUT2D eigenvalue weighted by atomic mass is 9.61. The Balaban J connectivity index is 1.52. The second-order valence-electron chi connectivity index (χ2n) is 7.28. The quantitative estimate of drug-likeness (QED) is 0.856. The summed E-state index contributed by atoms with van der Waals surface area (Å²) in [6.45, 7) is 5.89. The van der Waals surface area contributed by atoms with Crippen molar-refractivity contribution in [3.63, 3.8) is 0 Å². The number of amides is 1. The number of likely N-dealkylation sites (tertiary alicyclic amines) is 1. The van der Waals surface area contributed by atoms with Crippen LogP contribution in [0, 0.1) is 19.3 Å². The van der Waals surface area contributed by atoms with Gasteiger partial charge in [0.05, 0.1) is 11.8 Å². The Kier molecular flexibility index (Phi) is 4.50. The molecular weight excluding hydrogens is 290 g/mol. The van der Waals surface area contributed by atoms with E-state index < -0.39 is 0 Å². The average molecular weight is 319 g/mol. The highest BCUT2D eigenvalue weighted by atomic mass is 16.5. The molecule has 2 fully saturated rings. The molecule has 1 aromatic rings. The van der Waals surface area contributed by atoms with Gasteiger partial charge in [-0.15, -0.1) is 0 Å². The van der Waals surface area contributed by atoms with Crippen LogP contribution in [0.15, 0.2) is 0 Å². The van der Waals surface area contributed by atoms with E-state index in [4.69, 9.17) is 4.74 Å². The normalized spacial score (nSPS) is 23.1. The minimum Gasteiger partial charge on any atom is -0.381 e. The van der Waals surface area contributed by atoms with Crippen LogP contribution in [0.25, 0.3) is 0 Å². The first-order valence-corrected chi connectivity index (χ1v) is 8.76. The average Bonchev–Trinajstić information content (AvgIpc) is 2.77. The lowest BCUT2D eigenvalue weighted by Gasteiger charge is -2.53. The van der Waals surface area contributed by atoms with Crippen LogP contribution in [0.2, 0.25) is 0 Å². The zero-order valence-electron chi connectivity index (χ0n) is 14.9. The Morgan fingerprint density at radius 3 is 2.48 bits per heavy atom. The molecule has 0 bridgehead atoms. The molecule has 23 heavy (non-hydrogen) atoms. The first-order chi connectivity index (χ1) is 11.0. The van der Waals surface area contributed by atoms with Gasteiger partial charge in [-0.2, -0.15) is 5.10 Å². The Hall–Kier alpha value is -1.36. The predicted molar refractivity (Wildman–Crippen MR) is 89.3 cm³/mol. The van der Waals surface area contributed by atoms with Crippen molar-refractivity contribution in [1.29, 1.82) is 0 Å². The van der Waals surface area contributed by atoms with Gasteiger partial charge in [0.15, 0.2) is 0 Å². The van der Waals surface area contributed by atoms with E-state index in [1.807, 2.05) is 25.8 Å². The van der Waals surface area contributed by atoms with E-state index in [9.17, 15) is 4.79 Å². The lowest BCUT2D eigenvalue weighted by molar-refractivity contribution is -0.144. The summed E-state index contributed by atoms with van der Waals surface area (Å²) >= 11 is 0. The van der Waals surface area contributed by atoms with E-state index in [1.165, 1.54) is 24.1 Å². The van der Waals surface area contributed by atoms with Crippen molar-refractivity contribution in [1.82, 2.24) is 14.7 Å². The third kappa shape index (κ3) is 2.91. The second-order valence-corrected chi connectivity index (χ2v) is 7.28. The molecular formula is C18H29N3O2. The third-order valence-electron chi connectivity index (χ3n) is 6.23. The third-order valence-corrected chi connectivity index (χ3v) is 6.23. The Morgan fingerprint density at radius 2 is 2.00 bits per heavy atom. The van der Waals surface area contributed by atoms with Crippen molar-refractivity contribution >= 4 is 5.91 Å². The molecule has 0 N–H and O–H groups in total. The topological polar surface area (TPSA) is 47.4 Å². The van der Waals surface area contributed by atoms with Crippen LogP contribution in [0.4, 0.5) is 0 Å². The van der Waals surface area contributed by atoms with Crippen molar-refractivity contribution in [2.45, 2.75) is 58.5 Å². The minimum absolute atomic E-state index is 0.288. The van der Waals surface area contributed by atoms with Crippen LogP contribution in [-0.4, -0.2) is 46.9 Å². The van der Waals surface area contributed by atoms with Gasteiger partial charge in [0.1, 0.15) is 0 Å². The molecule has 1 aliphatic carbocycles. The fourth-order valence-electron chi connectivity index (χ4n) is 4.38. The molecule has 1 saturated heterocycles. The predicted octanol–water partition coefficient (Wildman–Crippen LogP) is 2.39. The van der Waals surface area contributed by atoms with Crippen molar-refractivity contribution in [2.75, 3.05) is 20.2 Å². The molecule has 2 aliphatic rings. The molecule has 1 aromatic heterocycles. The number of carbonyl (C=O) groups is 1. The van der Waals surface area contributed by atoms with E-state index in [-0.39, 0.29) is 5.91 Å². The van der Waals surface area contributed by atoms with Gasteiger partial charge in [-0.25, -0.2) is 0 Å². The van der Waals surface area contributed by atoms with Crippen molar-refractivity contribution in [3.05, 3.63) is 17.0 Å². The van der Waals surface area contributed by atoms with Crippen LogP contribution in [0.3, 0.4) is 0 Å². The Bertz CT molecular complexity index is 583. The molecule has 1 saturated carbocycles. The monoisotopic (exact) mass is 319 g/mol. The highest BCUT2D eigenvalue weighted by molar-refractivity contribution is 5.76. The zero-order valence-corrected chi connectivity index (χ0v) is 14.9. The number of piperidine rings is 1.